The highest BCUT2D eigenvalue weighted by Gasteiger charge is 2.34. The summed E-state index contributed by atoms with van der Waals surface area (Å²) in [6, 6.07) is 2.09. The summed E-state index contributed by atoms with van der Waals surface area (Å²) in [5.41, 5.74) is 1.32. The summed E-state index contributed by atoms with van der Waals surface area (Å²) >= 11 is 1.35. The van der Waals surface area contributed by atoms with Gasteiger partial charge >= 0.3 is 5.97 Å². The molecule has 5 nitrogen and oxygen atoms in total. The summed E-state index contributed by atoms with van der Waals surface area (Å²) in [6.07, 6.45) is 4.40. The average molecular weight is 304 g/mol. The molecule has 2 rings (SSSR count). The maximum Gasteiger partial charge on any atom is 0.307 e. The van der Waals surface area contributed by atoms with Gasteiger partial charge in [-0.1, -0.05) is 12.2 Å². The Morgan fingerprint density at radius 2 is 1.95 bits per heavy atom. The molecule has 1 aliphatic rings. The number of hydrogen-bond acceptors (Lipinski definition) is 4. The molecule has 0 spiro atoms. The average Bonchev–Trinajstić information content (AvgIpc) is 2.73. The Bertz CT molecular complexity index is 655. The van der Waals surface area contributed by atoms with Crippen molar-refractivity contribution in [1.82, 2.24) is 0 Å². The lowest BCUT2D eigenvalue weighted by atomic mass is 9.82. The second-order valence-electron chi connectivity index (χ2n) is 5.08. The fraction of sp³-hybridized carbons (Fsp3) is 0.400. The molecule has 0 aliphatic heterocycles. The highest BCUT2D eigenvalue weighted by molar-refractivity contribution is 7.16. The Hall–Kier alpha value is -2.13. The van der Waals surface area contributed by atoms with Gasteiger partial charge in [0.1, 0.15) is 11.1 Å². The normalized spacial score (nSPS) is 20.8. The Morgan fingerprint density at radius 1 is 1.33 bits per heavy atom. The van der Waals surface area contributed by atoms with Crippen LogP contribution in [0.1, 0.15) is 28.8 Å². The summed E-state index contributed by atoms with van der Waals surface area (Å²) in [4.78, 5) is 24.6. The van der Waals surface area contributed by atoms with Gasteiger partial charge in [-0.3, -0.25) is 9.59 Å². The number of nitriles is 1. The summed E-state index contributed by atoms with van der Waals surface area (Å²) in [5.74, 6) is -2.59. The monoisotopic (exact) mass is 304 g/mol. The molecule has 2 unspecified atom stereocenters. The molecule has 0 fully saturated rings. The molecule has 1 heterocycles. The van der Waals surface area contributed by atoms with E-state index in [0.29, 0.717) is 23.4 Å². The Balaban J connectivity index is 2.22. The van der Waals surface area contributed by atoms with E-state index >= 15 is 0 Å². The lowest BCUT2D eigenvalue weighted by molar-refractivity contribution is -0.146. The zero-order valence-electron chi connectivity index (χ0n) is 11.8. The molecule has 0 saturated carbocycles. The number of carboxylic acid groups (broad SMARTS) is 1. The van der Waals surface area contributed by atoms with Crippen molar-refractivity contribution in [3.8, 4) is 6.07 Å². The number of carboxylic acids is 1. The van der Waals surface area contributed by atoms with Gasteiger partial charge in [-0.05, 0) is 32.3 Å². The van der Waals surface area contributed by atoms with Crippen LogP contribution >= 0.6 is 11.3 Å². The topological polar surface area (TPSA) is 90.2 Å². The first-order chi connectivity index (χ1) is 9.95. The third-order valence-electron chi connectivity index (χ3n) is 3.82. The van der Waals surface area contributed by atoms with E-state index in [-0.39, 0.29) is 5.91 Å². The summed E-state index contributed by atoms with van der Waals surface area (Å²) < 4.78 is 0. The van der Waals surface area contributed by atoms with Crippen LogP contribution in [0, 0.1) is 37.0 Å². The molecule has 6 heteroatoms. The van der Waals surface area contributed by atoms with Crippen LogP contribution in [0.5, 0.6) is 0 Å². The van der Waals surface area contributed by atoms with Crippen molar-refractivity contribution < 1.29 is 14.7 Å². The van der Waals surface area contributed by atoms with Gasteiger partial charge in [0.05, 0.1) is 17.4 Å². The SMILES string of the molecule is Cc1sc(NC(=O)C2CC=CCC2C(=O)O)c(C#N)c1C. The van der Waals surface area contributed by atoms with Crippen molar-refractivity contribution in [2.45, 2.75) is 26.7 Å². The highest BCUT2D eigenvalue weighted by Crippen LogP contribution is 2.33. The van der Waals surface area contributed by atoms with Crippen LogP contribution in [0.4, 0.5) is 5.00 Å². The van der Waals surface area contributed by atoms with Crippen molar-refractivity contribution in [3.05, 3.63) is 28.2 Å². The van der Waals surface area contributed by atoms with Crippen LogP contribution < -0.4 is 5.32 Å². The predicted molar refractivity (Wildman–Crippen MR) is 80.1 cm³/mol. The number of carbonyl (C=O) groups excluding carboxylic acids is 1. The molecule has 2 atom stereocenters. The van der Waals surface area contributed by atoms with E-state index in [4.69, 9.17) is 0 Å². The minimum Gasteiger partial charge on any atom is -0.481 e. The smallest absolute Gasteiger partial charge is 0.307 e. The molecule has 1 aromatic rings. The lowest BCUT2D eigenvalue weighted by Gasteiger charge is -2.23. The van der Waals surface area contributed by atoms with Crippen LogP contribution in [0.3, 0.4) is 0 Å². The van der Waals surface area contributed by atoms with Gasteiger partial charge in [-0.2, -0.15) is 5.26 Å². The number of allylic oxidation sites excluding steroid dienone is 2. The fourth-order valence-corrected chi connectivity index (χ4v) is 3.44. The molecule has 1 aromatic heterocycles. The van der Waals surface area contributed by atoms with Crippen molar-refractivity contribution in [2.24, 2.45) is 11.8 Å². The number of carbonyl (C=O) groups is 2. The van der Waals surface area contributed by atoms with Crippen LogP contribution in [0.2, 0.25) is 0 Å². The van der Waals surface area contributed by atoms with Gasteiger partial charge in [0.25, 0.3) is 0 Å². The number of rotatable bonds is 3. The molecule has 2 N–H and O–H groups in total. The maximum absolute atomic E-state index is 12.4. The van der Waals surface area contributed by atoms with E-state index < -0.39 is 17.8 Å². The minimum absolute atomic E-state index is 0.329. The number of nitrogens with zero attached hydrogens (tertiary/aromatic N) is 1. The fourth-order valence-electron chi connectivity index (χ4n) is 2.43. The zero-order valence-corrected chi connectivity index (χ0v) is 12.7. The van der Waals surface area contributed by atoms with Crippen molar-refractivity contribution in [1.29, 1.82) is 5.26 Å². The van der Waals surface area contributed by atoms with Crippen LogP contribution in [-0.4, -0.2) is 17.0 Å². The number of thiophene rings is 1. The van der Waals surface area contributed by atoms with Gasteiger partial charge in [-0.15, -0.1) is 11.3 Å². The van der Waals surface area contributed by atoms with Gasteiger partial charge < -0.3 is 10.4 Å². The zero-order chi connectivity index (χ0) is 15.6. The van der Waals surface area contributed by atoms with Crippen molar-refractivity contribution >= 4 is 28.2 Å². The first-order valence-electron chi connectivity index (χ1n) is 6.64. The van der Waals surface area contributed by atoms with Gasteiger partial charge in [0.2, 0.25) is 5.91 Å². The van der Waals surface area contributed by atoms with E-state index in [1.807, 2.05) is 19.9 Å². The Labute approximate surface area is 126 Å². The number of nitrogens with one attached hydrogen (secondary N) is 1. The van der Waals surface area contributed by atoms with E-state index in [1.165, 1.54) is 11.3 Å². The molecule has 110 valence electrons. The molecule has 0 saturated heterocycles. The third-order valence-corrected chi connectivity index (χ3v) is 4.94. The standard InChI is InChI=1S/C15H16N2O3S/c1-8-9(2)21-14(12(8)7-16)17-13(18)10-5-3-4-6-11(10)15(19)20/h3-4,10-11H,5-6H2,1-2H3,(H,17,18)(H,19,20). The molecule has 0 bridgehead atoms. The lowest BCUT2D eigenvalue weighted by Crippen LogP contribution is -2.34. The largest absolute Gasteiger partial charge is 0.481 e. The Morgan fingerprint density at radius 3 is 2.52 bits per heavy atom. The summed E-state index contributed by atoms with van der Waals surface area (Å²) in [5, 5.41) is 21.6. The maximum atomic E-state index is 12.4. The third kappa shape index (κ3) is 2.98. The quantitative estimate of drug-likeness (QED) is 0.840. The molecular weight excluding hydrogens is 288 g/mol. The summed E-state index contributed by atoms with van der Waals surface area (Å²) in [7, 11) is 0. The van der Waals surface area contributed by atoms with E-state index in [1.54, 1.807) is 6.08 Å². The number of amides is 1. The molecule has 0 aromatic carbocycles. The van der Waals surface area contributed by atoms with Crippen LogP contribution in [-0.2, 0) is 9.59 Å². The number of aliphatic carboxylic acids is 1. The number of aryl methyl sites for hydroxylation is 1. The minimum atomic E-state index is -0.960. The molecule has 1 amide bonds. The second-order valence-corrected chi connectivity index (χ2v) is 6.31. The highest BCUT2D eigenvalue weighted by atomic mass is 32.1. The van der Waals surface area contributed by atoms with E-state index in [9.17, 15) is 20.0 Å². The predicted octanol–water partition coefficient (Wildman–Crippen LogP) is 2.84. The number of hydrogen-bond donors (Lipinski definition) is 2. The van der Waals surface area contributed by atoms with Crippen LogP contribution in [0.25, 0.3) is 0 Å². The van der Waals surface area contributed by atoms with Crippen LogP contribution in [0.15, 0.2) is 12.2 Å². The molecule has 1 aliphatic carbocycles. The van der Waals surface area contributed by atoms with Gasteiger partial charge in [0, 0.05) is 4.88 Å². The first kappa shape index (κ1) is 15.3. The second kappa shape index (κ2) is 6.10. The van der Waals surface area contributed by atoms with Gasteiger partial charge in [0.15, 0.2) is 0 Å². The van der Waals surface area contributed by atoms with E-state index in [0.717, 1.165) is 10.4 Å². The van der Waals surface area contributed by atoms with Crippen molar-refractivity contribution in [3.63, 3.8) is 0 Å². The first-order valence-corrected chi connectivity index (χ1v) is 7.46. The van der Waals surface area contributed by atoms with E-state index in [2.05, 4.69) is 11.4 Å². The Kier molecular flexibility index (Phi) is 4.43. The molecule has 0 radical (unpaired) electrons. The summed E-state index contributed by atoms with van der Waals surface area (Å²) in [6.45, 7) is 3.73. The van der Waals surface area contributed by atoms with Gasteiger partial charge in [-0.25, -0.2) is 0 Å². The molecule has 21 heavy (non-hydrogen) atoms. The number of anilines is 1. The molecular formula is C15H16N2O3S. The van der Waals surface area contributed by atoms with Crippen molar-refractivity contribution in [2.75, 3.05) is 5.32 Å².